The Morgan fingerprint density at radius 1 is 0.970 bits per heavy atom. The van der Waals surface area contributed by atoms with Gasteiger partial charge in [-0.3, -0.25) is 9.59 Å². The van der Waals surface area contributed by atoms with Crippen LogP contribution in [0.2, 0.25) is 0 Å². The molecule has 1 N–H and O–H groups in total. The van der Waals surface area contributed by atoms with Crippen LogP contribution in [0.3, 0.4) is 0 Å². The van der Waals surface area contributed by atoms with E-state index in [4.69, 9.17) is 0 Å². The smallest absolute Gasteiger partial charge is 0.240 e. The minimum atomic E-state index is -3.66. The Labute approximate surface area is 195 Å². The van der Waals surface area contributed by atoms with Crippen molar-refractivity contribution >= 4 is 27.5 Å². The number of carbonyl (C=O) groups excluding carboxylic acids is 2. The number of amides is 2. The van der Waals surface area contributed by atoms with Crippen LogP contribution < -0.4 is 9.62 Å². The molecular formula is C25H31N3O4S. The molecule has 8 heteroatoms. The Balaban J connectivity index is 1.37. The highest BCUT2D eigenvalue weighted by molar-refractivity contribution is 7.89. The Morgan fingerprint density at radius 3 is 2.39 bits per heavy atom. The summed E-state index contributed by atoms with van der Waals surface area (Å²) in [5.41, 5.74) is 2.66. The molecule has 2 aliphatic heterocycles. The summed E-state index contributed by atoms with van der Waals surface area (Å²) in [6.07, 6.45) is 3.06. The molecule has 33 heavy (non-hydrogen) atoms. The largest absolute Gasteiger partial charge is 0.343 e. The number of sulfonamides is 1. The van der Waals surface area contributed by atoms with Gasteiger partial charge in [0.25, 0.3) is 0 Å². The molecule has 0 spiro atoms. The number of nitrogens with one attached hydrogen (secondary N) is 1. The molecule has 2 aliphatic rings. The molecule has 2 amide bonds. The van der Waals surface area contributed by atoms with E-state index in [0.29, 0.717) is 19.5 Å². The van der Waals surface area contributed by atoms with E-state index in [1.807, 2.05) is 42.2 Å². The average molecular weight is 470 g/mol. The van der Waals surface area contributed by atoms with Gasteiger partial charge in [-0.2, -0.15) is 0 Å². The number of likely N-dealkylation sites (tertiary alicyclic amines) is 1. The molecule has 0 unspecified atom stereocenters. The highest BCUT2D eigenvalue weighted by Gasteiger charge is 2.28. The number of anilines is 1. The molecule has 0 aliphatic carbocycles. The van der Waals surface area contributed by atoms with Crippen molar-refractivity contribution in [3.05, 3.63) is 59.7 Å². The number of nitrogens with zero attached hydrogens (tertiary/aromatic N) is 2. The highest BCUT2D eigenvalue weighted by Crippen LogP contribution is 2.31. The molecule has 0 radical (unpaired) electrons. The van der Waals surface area contributed by atoms with Gasteiger partial charge in [-0.05, 0) is 54.5 Å². The number of benzene rings is 2. The van der Waals surface area contributed by atoms with Crippen LogP contribution in [-0.4, -0.2) is 51.3 Å². The van der Waals surface area contributed by atoms with Crippen molar-refractivity contribution in [1.82, 2.24) is 9.62 Å². The standard InChI is InChI=1S/C25H31N3O4S/c1-19(20-7-3-2-4-8-20)18-26-33(31,32)22-9-10-23-21(17-22)13-16-28(23)25(30)12-11-24(29)27-14-5-6-15-27/h2-4,7-10,17,19,26H,5-6,11-16,18H2,1H3/t19-/m0/s1. The molecule has 1 saturated heterocycles. The highest BCUT2D eigenvalue weighted by atomic mass is 32.2. The van der Waals surface area contributed by atoms with E-state index in [9.17, 15) is 18.0 Å². The van der Waals surface area contributed by atoms with Crippen LogP contribution in [0.5, 0.6) is 0 Å². The lowest BCUT2D eigenvalue weighted by Gasteiger charge is -2.19. The second-order valence-corrected chi connectivity index (χ2v) is 10.6. The first kappa shape index (κ1) is 23.4. The summed E-state index contributed by atoms with van der Waals surface area (Å²) in [7, 11) is -3.66. The predicted octanol–water partition coefficient (Wildman–Crippen LogP) is 3.06. The monoisotopic (exact) mass is 469 g/mol. The second kappa shape index (κ2) is 10.1. The van der Waals surface area contributed by atoms with Gasteiger partial charge < -0.3 is 9.80 Å². The fourth-order valence-corrected chi connectivity index (χ4v) is 5.68. The molecule has 7 nitrogen and oxygen atoms in total. The van der Waals surface area contributed by atoms with Gasteiger partial charge in [0, 0.05) is 44.7 Å². The van der Waals surface area contributed by atoms with Crippen molar-refractivity contribution in [1.29, 1.82) is 0 Å². The number of fused-ring (bicyclic) bond motifs is 1. The van der Waals surface area contributed by atoms with Crippen LogP contribution in [-0.2, 0) is 26.0 Å². The molecule has 176 valence electrons. The third kappa shape index (κ3) is 5.45. The zero-order valence-corrected chi connectivity index (χ0v) is 19.8. The van der Waals surface area contributed by atoms with Crippen LogP contribution in [0.25, 0.3) is 0 Å². The van der Waals surface area contributed by atoms with Gasteiger partial charge >= 0.3 is 0 Å². The molecule has 0 saturated carbocycles. The fraction of sp³-hybridized carbons (Fsp3) is 0.440. The maximum Gasteiger partial charge on any atom is 0.240 e. The minimum Gasteiger partial charge on any atom is -0.343 e. The van der Waals surface area contributed by atoms with Gasteiger partial charge in [0.05, 0.1) is 4.90 Å². The summed E-state index contributed by atoms with van der Waals surface area (Å²) in [5.74, 6) is -0.00369. The van der Waals surface area contributed by atoms with Crippen LogP contribution in [0, 0.1) is 0 Å². The Kier molecular flexibility index (Phi) is 7.14. The van der Waals surface area contributed by atoms with Crippen molar-refractivity contribution in [2.75, 3.05) is 31.1 Å². The van der Waals surface area contributed by atoms with Gasteiger partial charge in [0.1, 0.15) is 0 Å². The molecule has 2 aromatic carbocycles. The predicted molar refractivity (Wildman–Crippen MR) is 128 cm³/mol. The molecule has 2 aromatic rings. The zero-order chi connectivity index (χ0) is 23.4. The van der Waals surface area contributed by atoms with Crippen LogP contribution in [0.4, 0.5) is 5.69 Å². The molecular weight excluding hydrogens is 438 g/mol. The molecule has 0 bridgehead atoms. The third-order valence-electron chi connectivity index (χ3n) is 6.52. The SMILES string of the molecule is C[C@@H](CNS(=O)(=O)c1ccc2c(c1)CCN2C(=O)CCC(=O)N1CCCC1)c1ccccc1. The lowest BCUT2D eigenvalue weighted by Crippen LogP contribution is -2.32. The summed E-state index contributed by atoms with van der Waals surface area (Å²) in [5, 5.41) is 0. The van der Waals surface area contributed by atoms with Crippen molar-refractivity contribution in [3.63, 3.8) is 0 Å². The Hall–Kier alpha value is -2.71. The summed E-state index contributed by atoms with van der Waals surface area (Å²) in [4.78, 5) is 28.7. The van der Waals surface area contributed by atoms with Crippen molar-refractivity contribution < 1.29 is 18.0 Å². The normalized spacial score (nSPS) is 16.6. The van der Waals surface area contributed by atoms with Crippen molar-refractivity contribution in [3.8, 4) is 0 Å². The van der Waals surface area contributed by atoms with E-state index in [-0.39, 0.29) is 35.5 Å². The summed E-state index contributed by atoms with van der Waals surface area (Å²) >= 11 is 0. The van der Waals surface area contributed by atoms with Crippen molar-refractivity contribution in [2.24, 2.45) is 0 Å². The van der Waals surface area contributed by atoms with Gasteiger partial charge in [0.2, 0.25) is 21.8 Å². The first-order chi connectivity index (χ1) is 15.8. The summed E-state index contributed by atoms with van der Waals surface area (Å²) in [6, 6.07) is 14.7. The molecule has 1 atom stereocenters. The molecule has 1 fully saturated rings. The van der Waals surface area contributed by atoms with E-state index in [0.717, 1.165) is 42.7 Å². The van der Waals surface area contributed by atoms with Gasteiger partial charge in [-0.15, -0.1) is 0 Å². The maximum atomic E-state index is 12.9. The van der Waals surface area contributed by atoms with E-state index >= 15 is 0 Å². The zero-order valence-electron chi connectivity index (χ0n) is 19.0. The Morgan fingerprint density at radius 2 is 1.67 bits per heavy atom. The second-order valence-electron chi connectivity index (χ2n) is 8.84. The summed E-state index contributed by atoms with van der Waals surface area (Å²) in [6.45, 7) is 4.37. The first-order valence-corrected chi connectivity index (χ1v) is 13.1. The average Bonchev–Trinajstić information content (AvgIpc) is 3.51. The summed E-state index contributed by atoms with van der Waals surface area (Å²) < 4.78 is 28.4. The van der Waals surface area contributed by atoms with Crippen molar-refractivity contribution in [2.45, 2.75) is 49.8 Å². The van der Waals surface area contributed by atoms with Gasteiger partial charge in [-0.1, -0.05) is 37.3 Å². The molecule has 2 heterocycles. The van der Waals surface area contributed by atoms with Crippen LogP contribution >= 0.6 is 0 Å². The van der Waals surface area contributed by atoms with E-state index in [1.165, 1.54) is 0 Å². The topological polar surface area (TPSA) is 86.8 Å². The van der Waals surface area contributed by atoms with E-state index < -0.39 is 10.0 Å². The molecule has 4 rings (SSSR count). The quantitative estimate of drug-likeness (QED) is 0.644. The number of rotatable bonds is 8. The minimum absolute atomic E-state index is 0.0394. The van der Waals surface area contributed by atoms with Crippen LogP contribution in [0.1, 0.15) is 49.7 Å². The van der Waals surface area contributed by atoms with Crippen LogP contribution in [0.15, 0.2) is 53.4 Å². The molecule has 0 aromatic heterocycles. The first-order valence-electron chi connectivity index (χ1n) is 11.6. The van der Waals surface area contributed by atoms with E-state index in [1.54, 1.807) is 23.1 Å². The maximum absolute atomic E-state index is 12.9. The van der Waals surface area contributed by atoms with E-state index in [2.05, 4.69) is 4.72 Å². The Bertz CT molecular complexity index is 1110. The lowest BCUT2D eigenvalue weighted by atomic mass is 10.0. The third-order valence-corrected chi connectivity index (χ3v) is 7.94. The lowest BCUT2D eigenvalue weighted by molar-refractivity contribution is -0.132. The number of carbonyl (C=O) groups is 2. The van der Waals surface area contributed by atoms with Gasteiger partial charge in [0.15, 0.2) is 0 Å². The fourth-order valence-electron chi connectivity index (χ4n) is 4.50. The number of hydrogen-bond donors (Lipinski definition) is 1. The number of hydrogen-bond acceptors (Lipinski definition) is 4. The van der Waals surface area contributed by atoms with Gasteiger partial charge in [-0.25, -0.2) is 13.1 Å².